The molecule has 0 aliphatic carbocycles. The molecule has 8 nitrogen and oxygen atoms in total. The smallest absolute Gasteiger partial charge is 0.416 e. The van der Waals surface area contributed by atoms with E-state index >= 15 is 0 Å². The summed E-state index contributed by atoms with van der Waals surface area (Å²) in [7, 11) is -2.52. The molecular weight excluding hydrogens is 469 g/mol. The van der Waals surface area contributed by atoms with Gasteiger partial charge in [0, 0.05) is 5.56 Å². The number of hydrogen-bond donors (Lipinski definition) is 1. The fourth-order valence-electron chi connectivity index (χ4n) is 2.65. The number of hydrogen-bond acceptors (Lipinski definition) is 7. The first-order valence-corrected chi connectivity index (χ1v) is 11.6. The van der Waals surface area contributed by atoms with Crippen molar-refractivity contribution in [2.75, 3.05) is 29.5 Å². The number of nitrogens with zero attached hydrogens (tertiary/aromatic N) is 3. The number of sulfonamides is 1. The molecule has 0 fully saturated rings. The third-order valence-electron chi connectivity index (χ3n) is 4.16. The maximum atomic E-state index is 13.0. The van der Waals surface area contributed by atoms with Crippen LogP contribution in [0.5, 0.6) is 5.75 Å². The van der Waals surface area contributed by atoms with Gasteiger partial charge in [0.05, 0.1) is 24.6 Å². The predicted molar refractivity (Wildman–Crippen MR) is 114 cm³/mol. The van der Waals surface area contributed by atoms with Gasteiger partial charge in [0.25, 0.3) is 0 Å². The highest BCUT2D eigenvalue weighted by Gasteiger charge is 2.32. The molecule has 0 aliphatic rings. The number of carbonyl (C=O) groups excluding carboxylic acids is 1. The Bertz CT molecular complexity index is 1210. The minimum Gasteiger partial charge on any atom is -0.497 e. The summed E-state index contributed by atoms with van der Waals surface area (Å²) in [6.07, 6.45) is -3.86. The molecule has 1 heterocycles. The standard InChI is InChI=1S/C19H17F3N4O4S2/c1-30-15-8-6-12(7-9-15)17-24-25-18(31-17)23-16(27)11-26(32(2,28)29)14-5-3-4-13(10-14)19(20,21)22/h3-10H,11H2,1-2H3,(H,23,25,27). The topological polar surface area (TPSA) is 101 Å². The number of nitrogens with one attached hydrogen (secondary N) is 1. The molecule has 0 bridgehead atoms. The normalized spacial score (nSPS) is 11.8. The molecule has 1 amide bonds. The molecule has 0 spiro atoms. The zero-order valence-corrected chi connectivity index (χ0v) is 18.4. The maximum Gasteiger partial charge on any atom is 0.416 e. The van der Waals surface area contributed by atoms with E-state index in [4.69, 9.17) is 4.74 Å². The molecule has 13 heteroatoms. The van der Waals surface area contributed by atoms with Gasteiger partial charge in [0.15, 0.2) is 0 Å². The van der Waals surface area contributed by atoms with Crippen molar-refractivity contribution in [1.82, 2.24) is 10.2 Å². The molecule has 0 aliphatic heterocycles. The number of anilines is 2. The van der Waals surface area contributed by atoms with Gasteiger partial charge >= 0.3 is 6.18 Å². The average molecular weight is 486 g/mol. The summed E-state index contributed by atoms with van der Waals surface area (Å²) in [6.45, 7) is -0.738. The van der Waals surface area contributed by atoms with Crippen LogP contribution in [0.4, 0.5) is 24.0 Å². The van der Waals surface area contributed by atoms with Crippen molar-refractivity contribution in [3.63, 3.8) is 0 Å². The number of carbonyl (C=O) groups is 1. The third-order valence-corrected chi connectivity index (χ3v) is 6.19. The Labute approximate surface area is 185 Å². The van der Waals surface area contributed by atoms with E-state index in [9.17, 15) is 26.4 Å². The van der Waals surface area contributed by atoms with Crippen molar-refractivity contribution in [3.8, 4) is 16.3 Å². The van der Waals surface area contributed by atoms with Crippen molar-refractivity contribution in [1.29, 1.82) is 0 Å². The average Bonchev–Trinajstić information content (AvgIpc) is 3.19. The number of benzene rings is 2. The van der Waals surface area contributed by atoms with Gasteiger partial charge in [0.2, 0.25) is 21.1 Å². The molecule has 1 aromatic heterocycles. The largest absolute Gasteiger partial charge is 0.497 e. The van der Waals surface area contributed by atoms with Crippen LogP contribution in [0.25, 0.3) is 10.6 Å². The van der Waals surface area contributed by atoms with E-state index in [1.807, 2.05) is 0 Å². The van der Waals surface area contributed by atoms with Crippen LogP contribution in [0.3, 0.4) is 0 Å². The molecule has 0 radical (unpaired) electrons. The summed E-state index contributed by atoms with van der Waals surface area (Å²) in [6, 6.07) is 10.7. The molecule has 0 unspecified atom stereocenters. The molecule has 2 aromatic carbocycles. The second-order valence-corrected chi connectivity index (χ2v) is 9.39. The molecule has 1 N–H and O–H groups in total. The van der Waals surface area contributed by atoms with Gasteiger partial charge in [-0.3, -0.25) is 14.4 Å². The van der Waals surface area contributed by atoms with Crippen LogP contribution in [0.1, 0.15) is 5.56 Å². The number of rotatable bonds is 7. The molecule has 0 saturated heterocycles. The number of halogens is 3. The summed E-state index contributed by atoms with van der Waals surface area (Å²) in [5, 5.41) is 10.9. The van der Waals surface area contributed by atoms with Crippen molar-refractivity contribution in [2.45, 2.75) is 6.18 Å². The van der Waals surface area contributed by atoms with Crippen LogP contribution in [0, 0.1) is 0 Å². The maximum absolute atomic E-state index is 13.0. The first-order valence-electron chi connectivity index (χ1n) is 8.90. The number of amides is 1. The summed E-state index contributed by atoms with van der Waals surface area (Å²) in [5.41, 5.74) is -0.587. The van der Waals surface area contributed by atoms with Gasteiger partial charge in [-0.2, -0.15) is 13.2 Å². The van der Waals surface area contributed by atoms with E-state index in [0.29, 0.717) is 21.1 Å². The Balaban J connectivity index is 1.76. The number of ether oxygens (including phenoxy) is 1. The highest BCUT2D eigenvalue weighted by Crippen LogP contribution is 2.32. The van der Waals surface area contributed by atoms with E-state index in [2.05, 4.69) is 15.5 Å². The van der Waals surface area contributed by atoms with Gasteiger partial charge in [0.1, 0.15) is 17.3 Å². The van der Waals surface area contributed by atoms with E-state index in [1.165, 1.54) is 13.2 Å². The molecule has 0 saturated carbocycles. The van der Waals surface area contributed by atoms with Gasteiger partial charge in [-0.15, -0.1) is 10.2 Å². The lowest BCUT2D eigenvalue weighted by Crippen LogP contribution is -2.37. The van der Waals surface area contributed by atoms with Crippen LogP contribution >= 0.6 is 11.3 Å². The van der Waals surface area contributed by atoms with Crippen molar-refractivity contribution >= 4 is 38.1 Å². The molecule has 3 aromatic rings. The van der Waals surface area contributed by atoms with Gasteiger partial charge in [-0.05, 0) is 42.5 Å². The van der Waals surface area contributed by atoms with Crippen molar-refractivity contribution in [3.05, 3.63) is 54.1 Å². The Hall–Kier alpha value is -3.19. The van der Waals surface area contributed by atoms with Crippen LogP contribution in [0.15, 0.2) is 48.5 Å². The highest BCUT2D eigenvalue weighted by atomic mass is 32.2. The van der Waals surface area contributed by atoms with Crippen LogP contribution < -0.4 is 14.4 Å². The minimum atomic E-state index is -4.66. The monoisotopic (exact) mass is 486 g/mol. The zero-order chi connectivity index (χ0) is 23.5. The SMILES string of the molecule is COc1ccc(-c2nnc(NC(=O)CN(c3cccc(C(F)(F)F)c3)S(C)(=O)=O)s2)cc1. The van der Waals surface area contributed by atoms with Gasteiger partial charge < -0.3 is 4.74 Å². The molecule has 170 valence electrons. The van der Waals surface area contributed by atoms with E-state index in [1.54, 1.807) is 24.3 Å². The van der Waals surface area contributed by atoms with Gasteiger partial charge in [-0.1, -0.05) is 17.4 Å². The van der Waals surface area contributed by atoms with E-state index < -0.39 is 34.2 Å². The highest BCUT2D eigenvalue weighted by molar-refractivity contribution is 7.92. The Kier molecular flexibility index (Phi) is 6.69. The lowest BCUT2D eigenvalue weighted by molar-refractivity contribution is -0.137. The molecular formula is C19H17F3N4O4S2. The Morgan fingerprint density at radius 1 is 1.16 bits per heavy atom. The predicted octanol–water partition coefficient (Wildman–Crippen LogP) is 3.64. The van der Waals surface area contributed by atoms with E-state index in [0.717, 1.165) is 35.3 Å². The Morgan fingerprint density at radius 2 is 1.84 bits per heavy atom. The second-order valence-electron chi connectivity index (χ2n) is 6.51. The van der Waals surface area contributed by atoms with Gasteiger partial charge in [-0.25, -0.2) is 8.42 Å². The number of alkyl halides is 3. The quantitative estimate of drug-likeness (QED) is 0.547. The van der Waals surface area contributed by atoms with Crippen LogP contribution in [-0.2, 0) is 21.0 Å². The lowest BCUT2D eigenvalue weighted by Gasteiger charge is -2.22. The van der Waals surface area contributed by atoms with Crippen molar-refractivity contribution < 1.29 is 31.1 Å². The number of aromatic nitrogens is 2. The van der Waals surface area contributed by atoms with Crippen molar-refractivity contribution in [2.24, 2.45) is 0 Å². The fraction of sp³-hybridized carbons (Fsp3) is 0.211. The minimum absolute atomic E-state index is 0.110. The summed E-state index contributed by atoms with van der Waals surface area (Å²) in [4.78, 5) is 12.4. The summed E-state index contributed by atoms with van der Waals surface area (Å²) >= 11 is 1.05. The molecule has 0 atom stereocenters. The Morgan fingerprint density at radius 3 is 2.44 bits per heavy atom. The number of methoxy groups -OCH3 is 1. The zero-order valence-electron chi connectivity index (χ0n) is 16.8. The molecule has 3 rings (SSSR count). The third kappa shape index (κ3) is 5.73. The first kappa shape index (κ1) is 23.5. The molecule has 32 heavy (non-hydrogen) atoms. The summed E-state index contributed by atoms with van der Waals surface area (Å²) in [5.74, 6) is -0.132. The second kappa shape index (κ2) is 9.12. The fourth-order valence-corrected chi connectivity index (χ4v) is 4.26. The lowest BCUT2D eigenvalue weighted by atomic mass is 10.2. The van der Waals surface area contributed by atoms with Crippen LogP contribution in [-0.4, -0.2) is 44.4 Å². The first-order chi connectivity index (χ1) is 15.0. The van der Waals surface area contributed by atoms with E-state index in [-0.39, 0.29) is 10.8 Å². The summed E-state index contributed by atoms with van der Waals surface area (Å²) < 4.78 is 69.0. The van der Waals surface area contributed by atoms with Crippen LogP contribution in [0.2, 0.25) is 0 Å².